The number of hydrogen-bond acceptors (Lipinski definition) is 3. The van der Waals surface area contributed by atoms with Gasteiger partial charge in [0.2, 0.25) is 0 Å². The fraction of sp³-hybridized carbons (Fsp3) is 0.688. The summed E-state index contributed by atoms with van der Waals surface area (Å²) in [6.07, 6.45) is 7.97. The Morgan fingerprint density at radius 2 is 1.76 bits per heavy atom. The summed E-state index contributed by atoms with van der Waals surface area (Å²) < 4.78 is 1.51. The van der Waals surface area contributed by atoms with Gasteiger partial charge in [0, 0.05) is 17.2 Å². The monoisotopic (exact) mass is 284 g/mol. The number of nitrogens with zero attached hydrogens (tertiary/aromatic N) is 3. The van der Waals surface area contributed by atoms with Gasteiger partial charge in [-0.15, -0.1) is 0 Å². The number of aryl methyl sites for hydroxylation is 1. The smallest absolute Gasteiger partial charge is 0.274 e. The first-order valence-electron chi connectivity index (χ1n) is 8.08. The molecule has 2 aromatic rings. The first-order chi connectivity index (χ1) is 10.1. The Labute approximate surface area is 122 Å². The zero-order chi connectivity index (χ0) is 14.2. The third-order valence-electron chi connectivity index (χ3n) is 6.00. The highest BCUT2D eigenvalue weighted by Crippen LogP contribution is 2.60. The third kappa shape index (κ3) is 1.60. The van der Waals surface area contributed by atoms with Crippen molar-refractivity contribution in [1.82, 2.24) is 19.6 Å². The van der Waals surface area contributed by atoms with Crippen LogP contribution in [0.4, 0.5) is 0 Å². The molecule has 4 fully saturated rings. The van der Waals surface area contributed by atoms with Crippen LogP contribution in [-0.4, -0.2) is 19.6 Å². The molecule has 1 N–H and O–H groups in total. The summed E-state index contributed by atoms with van der Waals surface area (Å²) in [5.41, 5.74) is 0.868. The summed E-state index contributed by atoms with van der Waals surface area (Å²) in [5, 5.41) is 3.28. The largest absolute Gasteiger partial charge is 0.275 e. The zero-order valence-electron chi connectivity index (χ0n) is 12.3. The maximum atomic E-state index is 12.1. The van der Waals surface area contributed by atoms with E-state index in [0.29, 0.717) is 5.78 Å². The lowest BCUT2D eigenvalue weighted by Crippen LogP contribution is -2.49. The van der Waals surface area contributed by atoms with Crippen molar-refractivity contribution in [2.45, 2.75) is 50.9 Å². The van der Waals surface area contributed by atoms with Crippen molar-refractivity contribution < 1.29 is 0 Å². The van der Waals surface area contributed by atoms with Gasteiger partial charge in [-0.05, 0) is 63.2 Å². The average molecular weight is 284 g/mol. The van der Waals surface area contributed by atoms with Gasteiger partial charge >= 0.3 is 0 Å². The van der Waals surface area contributed by atoms with E-state index in [2.05, 4.69) is 10.1 Å². The summed E-state index contributed by atoms with van der Waals surface area (Å²) in [5.74, 6) is 4.16. The van der Waals surface area contributed by atoms with Crippen LogP contribution >= 0.6 is 0 Å². The fourth-order valence-electron chi connectivity index (χ4n) is 5.63. The normalized spacial score (nSPS) is 37.5. The maximum Gasteiger partial charge on any atom is 0.274 e. The summed E-state index contributed by atoms with van der Waals surface area (Å²) in [7, 11) is 0. The minimum atomic E-state index is -0.0546. The Balaban J connectivity index is 1.67. The van der Waals surface area contributed by atoms with Crippen LogP contribution < -0.4 is 5.56 Å². The average Bonchev–Trinajstić information content (AvgIpc) is 2.82. The Hall–Kier alpha value is -1.65. The van der Waals surface area contributed by atoms with Crippen LogP contribution in [0.1, 0.15) is 50.0 Å². The van der Waals surface area contributed by atoms with E-state index in [1.54, 1.807) is 6.07 Å². The molecule has 6 rings (SSSR count). The molecular weight excluding hydrogens is 264 g/mol. The number of hydrogen-bond donors (Lipinski definition) is 1. The lowest BCUT2D eigenvalue weighted by atomic mass is 9.49. The second-order valence-electron chi connectivity index (χ2n) is 7.64. The number of nitrogens with one attached hydrogen (secondary N) is 1. The number of fused-ring (bicyclic) bond motifs is 1. The van der Waals surface area contributed by atoms with Gasteiger partial charge in [0.05, 0.1) is 0 Å². The van der Waals surface area contributed by atoms with E-state index in [1.807, 2.05) is 6.92 Å². The molecule has 0 radical (unpaired) electrons. The number of H-pyrrole nitrogens is 1. The molecule has 0 aliphatic heterocycles. The lowest BCUT2D eigenvalue weighted by molar-refractivity contribution is -0.00928. The van der Waals surface area contributed by atoms with Crippen LogP contribution in [0.5, 0.6) is 0 Å². The quantitative estimate of drug-likeness (QED) is 0.873. The van der Waals surface area contributed by atoms with E-state index in [-0.39, 0.29) is 11.0 Å². The third-order valence-corrected chi connectivity index (χ3v) is 6.00. The molecule has 5 heteroatoms. The minimum Gasteiger partial charge on any atom is -0.275 e. The van der Waals surface area contributed by atoms with Crippen LogP contribution in [0.3, 0.4) is 0 Å². The van der Waals surface area contributed by atoms with Crippen molar-refractivity contribution in [3.05, 3.63) is 27.9 Å². The van der Waals surface area contributed by atoms with Gasteiger partial charge in [-0.1, -0.05) is 0 Å². The van der Waals surface area contributed by atoms with Gasteiger partial charge in [-0.3, -0.25) is 9.89 Å². The second-order valence-corrected chi connectivity index (χ2v) is 7.64. The van der Waals surface area contributed by atoms with Crippen LogP contribution in [-0.2, 0) is 5.41 Å². The SMILES string of the molecule is Cc1cc(=O)n2[nH]c(C34CC5CC(CC(C5)C3)C4)nc2n1. The van der Waals surface area contributed by atoms with Crippen LogP contribution in [0.2, 0.25) is 0 Å². The van der Waals surface area contributed by atoms with Crippen LogP contribution in [0, 0.1) is 24.7 Å². The van der Waals surface area contributed by atoms with Crippen molar-refractivity contribution >= 4 is 5.78 Å². The zero-order valence-corrected chi connectivity index (χ0v) is 12.3. The van der Waals surface area contributed by atoms with E-state index in [0.717, 1.165) is 29.3 Å². The van der Waals surface area contributed by atoms with Gasteiger partial charge in [-0.2, -0.15) is 9.50 Å². The standard InChI is InChI=1S/C16H20N4O/c1-9-2-13(21)20-15(17-9)18-14(19-20)16-6-10-3-11(7-16)5-12(4-10)8-16/h2,10-12H,3-8H2,1H3,(H,17,18,19). The van der Waals surface area contributed by atoms with Crippen LogP contribution in [0.15, 0.2) is 10.9 Å². The van der Waals surface area contributed by atoms with Gasteiger partial charge in [0.15, 0.2) is 0 Å². The molecule has 5 nitrogen and oxygen atoms in total. The Morgan fingerprint density at radius 1 is 1.14 bits per heavy atom. The highest BCUT2D eigenvalue weighted by molar-refractivity contribution is 5.31. The molecule has 0 atom stereocenters. The van der Waals surface area contributed by atoms with Crippen molar-refractivity contribution in [2.75, 3.05) is 0 Å². The Morgan fingerprint density at radius 3 is 2.38 bits per heavy atom. The van der Waals surface area contributed by atoms with E-state index in [4.69, 9.17) is 4.98 Å². The van der Waals surface area contributed by atoms with Crippen molar-refractivity contribution in [2.24, 2.45) is 17.8 Å². The second kappa shape index (κ2) is 3.76. The molecular formula is C16H20N4O. The van der Waals surface area contributed by atoms with Crippen molar-refractivity contribution in [3.8, 4) is 0 Å². The topological polar surface area (TPSA) is 63.0 Å². The van der Waals surface area contributed by atoms with E-state index < -0.39 is 0 Å². The molecule has 0 amide bonds. The maximum absolute atomic E-state index is 12.1. The highest BCUT2D eigenvalue weighted by atomic mass is 16.1. The molecule has 2 heterocycles. The Bertz CT molecular complexity index is 752. The molecule has 0 aromatic carbocycles. The number of aromatic nitrogens is 4. The van der Waals surface area contributed by atoms with Gasteiger partial charge < -0.3 is 0 Å². The summed E-state index contributed by atoms with van der Waals surface area (Å²) in [6, 6.07) is 1.56. The number of rotatable bonds is 1. The highest BCUT2D eigenvalue weighted by Gasteiger charge is 2.53. The number of aromatic amines is 1. The first-order valence-corrected chi connectivity index (χ1v) is 8.08. The van der Waals surface area contributed by atoms with Crippen molar-refractivity contribution in [1.29, 1.82) is 0 Å². The molecule has 0 saturated heterocycles. The van der Waals surface area contributed by atoms with Gasteiger partial charge in [0.1, 0.15) is 5.82 Å². The summed E-state index contributed by atoms with van der Waals surface area (Å²) in [4.78, 5) is 21.2. The van der Waals surface area contributed by atoms with E-state index in [1.165, 1.54) is 43.0 Å². The molecule has 4 saturated carbocycles. The summed E-state index contributed by atoms with van der Waals surface area (Å²) >= 11 is 0. The molecule has 4 aliphatic rings. The molecule has 110 valence electrons. The molecule has 0 spiro atoms. The molecule has 4 aliphatic carbocycles. The molecule has 0 unspecified atom stereocenters. The molecule has 21 heavy (non-hydrogen) atoms. The molecule has 2 aromatic heterocycles. The van der Waals surface area contributed by atoms with Crippen LogP contribution in [0.25, 0.3) is 5.78 Å². The van der Waals surface area contributed by atoms with E-state index in [9.17, 15) is 4.79 Å². The fourth-order valence-corrected chi connectivity index (χ4v) is 5.63. The predicted octanol–water partition coefficient (Wildman–Crippen LogP) is 2.19. The predicted molar refractivity (Wildman–Crippen MR) is 78.2 cm³/mol. The summed E-state index contributed by atoms with van der Waals surface area (Å²) in [6.45, 7) is 1.85. The van der Waals surface area contributed by atoms with Gasteiger partial charge in [-0.25, -0.2) is 4.98 Å². The van der Waals surface area contributed by atoms with Gasteiger partial charge in [0.25, 0.3) is 11.3 Å². The van der Waals surface area contributed by atoms with Crippen molar-refractivity contribution in [3.63, 3.8) is 0 Å². The molecule has 4 bridgehead atoms. The minimum absolute atomic E-state index is 0.0546. The first kappa shape index (κ1) is 12.0. The Kier molecular flexibility index (Phi) is 2.14. The lowest BCUT2D eigenvalue weighted by Gasteiger charge is -2.55. The van der Waals surface area contributed by atoms with E-state index >= 15 is 0 Å².